The maximum atomic E-state index is 15.0. The third-order valence-corrected chi connectivity index (χ3v) is 7.87. The fourth-order valence-corrected chi connectivity index (χ4v) is 5.68. The Hall–Kier alpha value is -3.11. The first-order chi connectivity index (χ1) is 16.2. The summed E-state index contributed by atoms with van der Waals surface area (Å²) in [5, 5.41) is 0. The van der Waals surface area contributed by atoms with Crippen molar-refractivity contribution < 1.29 is 35.5 Å². The van der Waals surface area contributed by atoms with E-state index in [-0.39, 0.29) is 37.4 Å². The van der Waals surface area contributed by atoms with Gasteiger partial charge in [0.25, 0.3) is 0 Å². The van der Waals surface area contributed by atoms with Gasteiger partial charge in [0, 0.05) is 36.3 Å². The van der Waals surface area contributed by atoms with Crippen molar-refractivity contribution in [2.45, 2.75) is 29.7 Å². The minimum absolute atomic E-state index is 0.0314. The van der Waals surface area contributed by atoms with E-state index in [4.69, 9.17) is 9.47 Å². The molecule has 34 heavy (non-hydrogen) atoms. The molecule has 0 aliphatic carbocycles. The Bertz CT molecular complexity index is 1280. The summed E-state index contributed by atoms with van der Waals surface area (Å²) in [5.74, 6) is -3.94. The molecule has 0 aromatic heterocycles. The second-order valence-corrected chi connectivity index (χ2v) is 10.0. The molecule has 178 valence electrons. The van der Waals surface area contributed by atoms with Crippen LogP contribution in [0.4, 0.5) is 17.6 Å². The molecule has 0 unspecified atom stereocenters. The van der Waals surface area contributed by atoms with Gasteiger partial charge >= 0.3 is 5.79 Å². The lowest BCUT2D eigenvalue weighted by atomic mass is 9.97. The first kappa shape index (κ1) is 22.7. The summed E-state index contributed by atoms with van der Waals surface area (Å²) in [6.45, 7) is -0.126. The Morgan fingerprint density at radius 3 is 1.76 bits per heavy atom. The number of rotatable bonds is 4. The largest absolute Gasteiger partial charge is 0.440 e. The van der Waals surface area contributed by atoms with E-state index in [2.05, 4.69) is 0 Å². The number of sulfonamides is 1. The molecule has 2 aliphatic heterocycles. The van der Waals surface area contributed by atoms with Gasteiger partial charge in [0.15, 0.2) is 11.5 Å². The average Bonchev–Trinajstić information content (AvgIpc) is 3.19. The van der Waals surface area contributed by atoms with Gasteiger partial charge in [-0.15, -0.1) is 0 Å². The van der Waals surface area contributed by atoms with Crippen molar-refractivity contribution in [1.29, 1.82) is 0 Å². The molecule has 0 amide bonds. The molecule has 3 aromatic rings. The Morgan fingerprint density at radius 1 is 0.794 bits per heavy atom. The van der Waals surface area contributed by atoms with Gasteiger partial charge in [-0.1, -0.05) is 0 Å². The van der Waals surface area contributed by atoms with Gasteiger partial charge in [-0.05, 0) is 61.4 Å². The summed E-state index contributed by atoms with van der Waals surface area (Å²) >= 11 is 0. The van der Waals surface area contributed by atoms with E-state index in [1.165, 1.54) is 48.5 Å². The van der Waals surface area contributed by atoms with Gasteiger partial charge in [-0.2, -0.15) is 4.31 Å². The molecule has 0 saturated carbocycles. The monoisotopic (exact) mass is 493 g/mol. The quantitative estimate of drug-likeness (QED) is 0.486. The van der Waals surface area contributed by atoms with Crippen LogP contribution < -0.4 is 9.47 Å². The number of hydrogen-bond donors (Lipinski definition) is 0. The topological polar surface area (TPSA) is 55.8 Å². The predicted octanol–water partition coefficient (Wildman–Crippen LogP) is 4.90. The second kappa shape index (κ2) is 8.28. The molecule has 5 nitrogen and oxygen atoms in total. The molecule has 0 bridgehead atoms. The lowest BCUT2D eigenvalue weighted by molar-refractivity contribution is -0.0460. The minimum atomic E-state index is -4.26. The highest BCUT2D eigenvalue weighted by Crippen LogP contribution is 2.49. The number of benzene rings is 3. The molecule has 2 heterocycles. The van der Waals surface area contributed by atoms with Crippen molar-refractivity contribution in [3.63, 3.8) is 0 Å². The number of halogens is 4. The van der Waals surface area contributed by atoms with Crippen molar-refractivity contribution in [1.82, 2.24) is 4.31 Å². The molecule has 0 radical (unpaired) electrons. The van der Waals surface area contributed by atoms with Gasteiger partial charge in [0.05, 0.1) is 0 Å². The van der Waals surface area contributed by atoms with E-state index in [9.17, 15) is 21.6 Å². The van der Waals surface area contributed by atoms with Crippen LogP contribution in [0.2, 0.25) is 0 Å². The van der Waals surface area contributed by atoms with E-state index in [1.54, 1.807) is 0 Å². The fourth-order valence-electron chi connectivity index (χ4n) is 4.15. The summed E-state index contributed by atoms with van der Waals surface area (Å²) in [7, 11) is -4.26. The zero-order chi connectivity index (χ0) is 24.1. The first-order valence-electron chi connectivity index (χ1n) is 10.6. The summed E-state index contributed by atoms with van der Waals surface area (Å²) < 4.78 is 94.9. The Labute approximate surface area is 193 Å². The number of alkyl halides is 1. The predicted molar refractivity (Wildman–Crippen MR) is 114 cm³/mol. The van der Waals surface area contributed by atoms with Gasteiger partial charge < -0.3 is 9.47 Å². The average molecular weight is 493 g/mol. The van der Waals surface area contributed by atoms with Crippen LogP contribution in [0.5, 0.6) is 11.5 Å². The highest BCUT2D eigenvalue weighted by atomic mass is 32.2. The van der Waals surface area contributed by atoms with Crippen LogP contribution in [0.15, 0.2) is 65.6 Å². The SMILES string of the molecule is O=S(=O)(c1cc2c(cc1F)OC(c1ccc(F)cc1)(c1ccc(F)cc1)O2)N1CCC(F)CC1. The highest BCUT2D eigenvalue weighted by Gasteiger charge is 2.47. The van der Waals surface area contributed by atoms with Crippen molar-refractivity contribution >= 4 is 10.0 Å². The molecule has 0 atom stereocenters. The molecular weight excluding hydrogens is 474 g/mol. The van der Waals surface area contributed by atoms with E-state index < -0.39 is 44.3 Å². The molecule has 1 fully saturated rings. The van der Waals surface area contributed by atoms with E-state index in [0.717, 1.165) is 16.4 Å². The zero-order valence-corrected chi connectivity index (χ0v) is 18.5. The van der Waals surface area contributed by atoms with Crippen LogP contribution in [0.3, 0.4) is 0 Å². The van der Waals surface area contributed by atoms with Crippen LogP contribution in [0.25, 0.3) is 0 Å². The normalized spacial score (nSPS) is 18.2. The molecule has 0 N–H and O–H groups in total. The van der Waals surface area contributed by atoms with Crippen LogP contribution in [-0.4, -0.2) is 32.0 Å². The summed E-state index contributed by atoms with van der Waals surface area (Å²) in [6.07, 6.45) is -1.03. The molecule has 2 aliphatic rings. The number of nitrogens with zero attached hydrogens (tertiary/aromatic N) is 1. The maximum Gasteiger partial charge on any atom is 0.305 e. The van der Waals surface area contributed by atoms with Gasteiger partial charge in [-0.3, -0.25) is 0 Å². The van der Waals surface area contributed by atoms with Crippen molar-refractivity contribution in [2.75, 3.05) is 13.1 Å². The van der Waals surface area contributed by atoms with Crippen molar-refractivity contribution in [3.05, 3.63) is 89.2 Å². The van der Waals surface area contributed by atoms with Crippen LogP contribution >= 0.6 is 0 Å². The fraction of sp³-hybridized carbons (Fsp3) is 0.250. The molecule has 3 aromatic carbocycles. The molecule has 5 rings (SSSR count). The summed E-state index contributed by atoms with van der Waals surface area (Å²) in [4.78, 5) is -0.624. The molecule has 0 spiro atoms. The molecule has 10 heteroatoms. The van der Waals surface area contributed by atoms with Gasteiger partial charge in [0.2, 0.25) is 10.0 Å². The second-order valence-electron chi connectivity index (χ2n) is 8.14. The van der Waals surface area contributed by atoms with Crippen LogP contribution in [0, 0.1) is 17.5 Å². The Morgan fingerprint density at radius 2 is 1.26 bits per heavy atom. The van der Waals surface area contributed by atoms with Gasteiger partial charge in [0.1, 0.15) is 28.5 Å². The van der Waals surface area contributed by atoms with Crippen LogP contribution in [-0.2, 0) is 15.8 Å². The van der Waals surface area contributed by atoms with Gasteiger partial charge in [-0.25, -0.2) is 26.0 Å². The van der Waals surface area contributed by atoms with E-state index in [1.807, 2.05) is 0 Å². The molecular formula is C24H19F4NO4S. The molecule has 1 saturated heterocycles. The lowest BCUT2D eigenvalue weighted by Gasteiger charge is -2.28. The number of ether oxygens (including phenoxy) is 2. The zero-order valence-electron chi connectivity index (χ0n) is 17.7. The lowest BCUT2D eigenvalue weighted by Crippen LogP contribution is -2.39. The number of hydrogen-bond acceptors (Lipinski definition) is 4. The van der Waals surface area contributed by atoms with E-state index >= 15 is 4.39 Å². The van der Waals surface area contributed by atoms with Crippen molar-refractivity contribution in [2.24, 2.45) is 0 Å². The summed E-state index contributed by atoms with van der Waals surface area (Å²) in [6, 6.07) is 12.3. The highest BCUT2D eigenvalue weighted by molar-refractivity contribution is 7.89. The third kappa shape index (κ3) is 3.80. The Kier molecular flexibility index (Phi) is 5.52. The smallest absolute Gasteiger partial charge is 0.305 e. The van der Waals surface area contributed by atoms with Crippen molar-refractivity contribution in [3.8, 4) is 11.5 Å². The maximum absolute atomic E-state index is 15.0. The summed E-state index contributed by atoms with van der Waals surface area (Å²) in [5.41, 5.74) is 0.651. The first-order valence-corrected chi connectivity index (χ1v) is 12.0. The standard InChI is InChI=1S/C24H19F4NO4S/c25-17-5-1-15(2-6-17)24(16-3-7-18(26)8-4-16)32-21-13-20(28)23(14-22(21)33-24)34(30,31)29-11-9-19(27)10-12-29/h1-8,13-14,19H,9-12H2. The van der Waals surface area contributed by atoms with Crippen LogP contribution in [0.1, 0.15) is 24.0 Å². The Balaban J connectivity index is 1.58. The third-order valence-electron chi connectivity index (χ3n) is 5.96. The number of fused-ring (bicyclic) bond motifs is 1. The minimum Gasteiger partial charge on any atom is -0.440 e. The number of piperidine rings is 1. The van der Waals surface area contributed by atoms with E-state index in [0.29, 0.717) is 11.1 Å².